The van der Waals surface area contributed by atoms with Gasteiger partial charge in [0.05, 0.1) is 5.75 Å². The molecule has 11 heavy (non-hydrogen) atoms. The summed E-state index contributed by atoms with van der Waals surface area (Å²) in [4.78, 5) is 7.60. The second-order valence-electron chi connectivity index (χ2n) is 1.76. The summed E-state index contributed by atoms with van der Waals surface area (Å²) < 4.78 is 0. The van der Waals surface area contributed by atoms with Crippen molar-refractivity contribution in [3.63, 3.8) is 0 Å². The normalized spacial score (nSPS) is 8.45. The summed E-state index contributed by atoms with van der Waals surface area (Å²) in [5.41, 5.74) is 5.95. The number of hydrogen-bond acceptors (Lipinski definition) is 4. The average molecular weight is 165 g/mol. The summed E-state index contributed by atoms with van der Waals surface area (Å²) in [7, 11) is 0. The summed E-state index contributed by atoms with van der Waals surface area (Å²) in [6.07, 6.45) is 1.57. The van der Waals surface area contributed by atoms with Crippen LogP contribution in [0.15, 0.2) is 12.3 Å². The molecule has 0 atom stereocenters. The van der Waals surface area contributed by atoms with E-state index in [0.29, 0.717) is 11.4 Å². The van der Waals surface area contributed by atoms with E-state index in [9.17, 15) is 0 Å². The van der Waals surface area contributed by atoms with Crippen LogP contribution in [0.3, 0.4) is 0 Å². The first-order chi connectivity index (χ1) is 5.33. The van der Waals surface area contributed by atoms with Crippen LogP contribution in [-0.4, -0.2) is 15.7 Å². The van der Waals surface area contributed by atoms with Gasteiger partial charge in [-0.3, -0.25) is 0 Å². The second kappa shape index (κ2) is 3.84. The molecule has 0 bridgehead atoms. The molecule has 0 saturated carbocycles. The molecule has 0 amide bonds. The van der Waals surface area contributed by atoms with E-state index in [4.69, 9.17) is 5.73 Å². The number of hydrogen-bond donors (Lipinski definition) is 2. The Kier molecular flexibility index (Phi) is 2.75. The van der Waals surface area contributed by atoms with Crippen LogP contribution in [0.5, 0.6) is 0 Å². The largest absolute Gasteiger partial charge is 0.368 e. The van der Waals surface area contributed by atoms with Crippen molar-refractivity contribution in [3.8, 4) is 11.8 Å². The standard InChI is InChI=1S/C7H7N3S/c8-7-9-4-3-6(10-7)2-1-5-11/h3-4,11H,5H2,(H2,8,9,10). The van der Waals surface area contributed by atoms with E-state index in [1.807, 2.05) is 0 Å². The molecule has 0 unspecified atom stereocenters. The molecule has 1 heterocycles. The molecule has 4 heteroatoms. The molecule has 0 aliphatic rings. The fourth-order valence-corrected chi connectivity index (χ4v) is 0.653. The van der Waals surface area contributed by atoms with E-state index in [1.54, 1.807) is 12.3 Å². The van der Waals surface area contributed by atoms with Crippen molar-refractivity contribution in [2.45, 2.75) is 0 Å². The van der Waals surface area contributed by atoms with Crippen LogP contribution in [0.4, 0.5) is 5.95 Å². The molecule has 0 saturated heterocycles. The molecule has 0 aromatic carbocycles. The molecule has 0 aliphatic heterocycles. The van der Waals surface area contributed by atoms with E-state index in [0.717, 1.165) is 0 Å². The zero-order valence-corrected chi connectivity index (χ0v) is 6.68. The Morgan fingerprint density at radius 3 is 3.09 bits per heavy atom. The van der Waals surface area contributed by atoms with Gasteiger partial charge in [0.25, 0.3) is 0 Å². The lowest BCUT2D eigenvalue weighted by atomic mass is 10.4. The summed E-state index contributed by atoms with van der Waals surface area (Å²) in [6, 6.07) is 1.70. The number of thiol groups is 1. The first-order valence-electron chi connectivity index (χ1n) is 3.01. The predicted molar refractivity (Wildman–Crippen MR) is 47.2 cm³/mol. The third-order valence-electron chi connectivity index (χ3n) is 0.970. The molecule has 0 aliphatic carbocycles. The van der Waals surface area contributed by atoms with Crippen molar-refractivity contribution < 1.29 is 0 Å². The number of nitrogen functional groups attached to an aromatic ring is 1. The Balaban J connectivity index is 2.87. The number of rotatable bonds is 0. The average Bonchev–Trinajstić information content (AvgIpc) is 2.01. The van der Waals surface area contributed by atoms with Gasteiger partial charge in [-0.25, -0.2) is 9.97 Å². The van der Waals surface area contributed by atoms with Crippen LogP contribution in [0, 0.1) is 11.8 Å². The summed E-state index contributed by atoms with van der Waals surface area (Å²) in [5.74, 6) is 6.30. The van der Waals surface area contributed by atoms with Crippen molar-refractivity contribution in [1.29, 1.82) is 0 Å². The zero-order valence-electron chi connectivity index (χ0n) is 5.78. The number of nitrogens with zero attached hydrogens (tertiary/aromatic N) is 2. The quantitative estimate of drug-likeness (QED) is 0.430. The highest BCUT2D eigenvalue weighted by Gasteiger charge is 1.88. The summed E-state index contributed by atoms with van der Waals surface area (Å²) in [5, 5.41) is 0. The van der Waals surface area contributed by atoms with Crippen molar-refractivity contribution in [2.75, 3.05) is 11.5 Å². The highest BCUT2D eigenvalue weighted by molar-refractivity contribution is 7.80. The van der Waals surface area contributed by atoms with E-state index in [-0.39, 0.29) is 5.95 Å². The maximum absolute atomic E-state index is 5.32. The van der Waals surface area contributed by atoms with Gasteiger partial charge in [0, 0.05) is 6.20 Å². The predicted octanol–water partition coefficient (Wildman–Crippen LogP) is 0.340. The van der Waals surface area contributed by atoms with Gasteiger partial charge in [-0.05, 0) is 12.0 Å². The fraction of sp³-hybridized carbons (Fsp3) is 0.143. The molecule has 2 N–H and O–H groups in total. The molecule has 0 radical (unpaired) electrons. The summed E-state index contributed by atoms with van der Waals surface area (Å²) in [6.45, 7) is 0. The maximum Gasteiger partial charge on any atom is 0.221 e. The van der Waals surface area contributed by atoms with Crippen molar-refractivity contribution in [1.82, 2.24) is 9.97 Å². The zero-order chi connectivity index (χ0) is 8.10. The van der Waals surface area contributed by atoms with Crippen LogP contribution in [0.25, 0.3) is 0 Å². The minimum Gasteiger partial charge on any atom is -0.368 e. The Morgan fingerprint density at radius 2 is 2.45 bits per heavy atom. The Labute approximate surface area is 70.5 Å². The maximum atomic E-state index is 5.32. The lowest BCUT2D eigenvalue weighted by molar-refractivity contribution is 1.16. The van der Waals surface area contributed by atoms with Gasteiger partial charge in [-0.1, -0.05) is 5.92 Å². The minimum atomic E-state index is 0.246. The van der Waals surface area contributed by atoms with Gasteiger partial charge in [0.15, 0.2) is 0 Å². The highest BCUT2D eigenvalue weighted by Crippen LogP contribution is 1.93. The SMILES string of the molecule is Nc1nccc(C#CCS)n1. The molecule has 1 aromatic rings. The van der Waals surface area contributed by atoms with Crippen LogP contribution in [0.1, 0.15) is 5.69 Å². The third kappa shape index (κ3) is 2.48. The van der Waals surface area contributed by atoms with Crippen molar-refractivity contribution >= 4 is 18.6 Å². The molecule has 56 valence electrons. The lowest BCUT2D eigenvalue weighted by Crippen LogP contribution is -1.94. The summed E-state index contributed by atoms with van der Waals surface area (Å²) >= 11 is 3.93. The first-order valence-corrected chi connectivity index (χ1v) is 3.64. The molecular formula is C7H7N3S. The van der Waals surface area contributed by atoms with Gasteiger partial charge < -0.3 is 5.73 Å². The van der Waals surface area contributed by atoms with Crippen LogP contribution in [-0.2, 0) is 0 Å². The molecule has 0 fully saturated rings. The Hall–Kier alpha value is -1.21. The Bertz CT molecular complexity index is 300. The molecule has 1 rings (SSSR count). The number of nitrogens with two attached hydrogens (primary N) is 1. The van der Waals surface area contributed by atoms with Gasteiger partial charge in [-0.2, -0.15) is 12.6 Å². The monoisotopic (exact) mass is 165 g/mol. The smallest absolute Gasteiger partial charge is 0.221 e. The van der Waals surface area contributed by atoms with E-state index in [1.165, 1.54) is 0 Å². The number of anilines is 1. The topological polar surface area (TPSA) is 51.8 Å². The van der Waals surface area contributed by atoms with Crippen molar-refractivity contribution in [2.24, 2.45) is 0 Å². The first kappa shape index (κ1) is 7.89. The van der Waals surface area contributed by atoms with Gasteiger partial charge in [-0.15, -0.1) is 0 Å². The molecular weight excluding hydrogens is 158 g/mol. The van der Waals surface area contributed by atoms with Crippen molar-refractivity contribution in [3.05, 3.63) is 18.0 Å². The van der Waals surface area contributed by atoms with Gasteiger partial charge >= 0.3 is 0 Å². The van der Waals surface area contributed by atoms with Gasteiger partial charge in [0.1, 0.15) is 5.69 Å². The van der Waals surface area contributed by atoms with Gasteiger partial charge in [0.2, 0.25) is 5.95 Å². The molecule has 1 aromatic heterocycles. The third-order valence-corrected chi connectivity index (χ3v) is 1.13. The van der Waals surface area contributed by atoms with Crippen LogP contribution in [0.2, 0.25) is 0 Å². The molecule has 3 nitrogen and oxygen atoms in total. The molecule has 0 spiro atoms. The van der Waals surface area contributed by atoms with Crippen LogP contribution < -0.4 is 5.73 Å². The van der Waals surface area contributed by atoms with Crippen LogP contribution >= 0.6 is 12.6 Å². The second-order valence-corrected chi connectivity index (χ2v) is 2.08. The van der Waals surface area contributed by atoms with E-state index in [2.05, 4.69) is 34.4 Å². The number of aromatic nitrogens is 2. The Morgan fingerprint density at radius 1 is 1.64 bits per heavy atom. The van der Waals surface area contributed by atoms with E-state index >= 15 is 0 Å². The fourth-order valence-electron chi connectivity index (χ4n) is 0.573. The lowest BCUT2D eigenvalue weighted by Gasteiger charge is -1.89. The minimum absolute atomic E-state index is 0.246. The van der Waals surface area contributed by atoms with E-state index < -0.39 is 0 Å². The highest BCUT2D eigenvalue weighted by atomic mass is 32.1.